The van der Waals surface area contributed by atoms with Crippen molar-refractivity contribution in [3.05, 3.63) is 18.0 Å². The molecule has 1 aliphatic rings. The van der Waals surface area contributed by atoms with E-state index in [0.717, 1.165) is 12.1 Å². The van der Waals surface area contributed by atoms with Gasteiger partial charge in [-0.25, -0.2) is 0 Å². The molecule has 1 aliphatic carbocycles. The lowest BCUT2D eigenvalue weighted by atomic mass is 10.2. The minimum atomic E-state index is 0.115. The Hall–Kier alpha value is -1.36. The first-order valence-corrected chi connectivity index (χ1v) is 6.71. The molecular formula is C13H22N4O. The van der Waals surface area contributed by atoms with Crippen molar-refractivity contribution in [1.82, 2.24) is 20.4 Å². The molecule has 18 heavy (non-hydrogen) atoms. The summed E-state index contributed by atoms with van der Waals surface area (Å²) in [6.07, 6.45) is 7.60. The average molecular weight is 250 g/mol. The van der Waals surface area contributed by atoms with E-state index in [9.17, 15) is 4.79 Å². The van der Waals surface area contributed by atoms with E-state index in [1.807, 2.05) is 13.1 Å². The third-order valence-corrected chi connectivity index (χ3v) is 3.62. The summed E-state index contributed by atoms with van der Waals surface area (Å²) in [5, 5.41) is 9.71. The van der Waals surface area contributed by atoms with Gasteiger partial charge in [-0.1, -0.05) is 12.8 Å². The topological polar surface area (TPSA) is 61.0 Å². The maximum atomic E-state index is 11.8. The van der Waals surface area contributed by atoms with E-state index in [2.05, 4.69) is 20.4 Å². The minimum Gasteiger partial charge on any atom is -0.355 e. The first kappa shape index (κ1) is 13.1. The van der Waals surface area contributed by atoms with Crippen LogP contribution in [0.1, 0.15) is 31.4 Å². The summed E-state index contributed by atoms with van der Waals surface area (Å²) in [6.45, 7) is 1.17. The van der Waals surface area contributed by atoms with E-state index in [1.54, 1.807) is 6.20 Å². The first-order valence-electron chi connectivity index (χ1n) is 6.71. The van der Waals surface area contributed by atoms with E-state index in [0.29, 0.717) is 19.1 Å². The van der Waals surface area contributed by atoms with Crippen molar-refractivity contribution in [3.63, 3.8) is 0 Å². The Morgan fingerprint density at radius 3 is 3.00 bits per heavy atom. The van der Waals surface area contributed by atoms with E-state index in [-0.39, 0.29) is 5.91 Å². The minimum absolute atomic E-state index is 0.115. The highest BCUT2D eigenvalue weighted by Gasteiger charge is 2.20. The molecule has 0 spiro atoms. The zero-order valence-corrected chi connectivity index (χ0v) is 11.0. The third kappa shape index (κ3) is 3.84. The molecule has 1 amide bonds. The van der Waals surface area contributed by atoms with Crippen molar-refractivity contribution in [2.24, 2.45) is 0 Å². The Labute approximate surface area is 108 Å². The number of nitrogens with one attached hydrogen (secondary N) is 2. The number of aromatic nitrogens is 2. The smallest absolute Gasteiger partial charge is 0.234 e. The molecule has 0 bridgehead atoms. The molecule has 0 saturated heterocycles. The molecule has 1 fully saturated rings. The molecule has 5 heteroatoms. The number of amides is 1. The summed E-state index contributed by atoms with van der Waals surface area (Å²) in [4.78, 5) is 13.9. The lowest BCUT2D eigenvalue weighted by Gasteiger charge is -2.23. The molecule has 0 aromatic carbocycles. The zero-order chi connectivity index (χ0) is 12.8. The molecule has 0 atom stereocenters. The quantitative estimate of drug-likeness (QED) is 0.790. The summed E-state index contributed by atoms with van der Waals surface area (Å²) in [5.74, 6) is 0.115. The lowest BCUT2D eigenvalue weighted by molar-refractivity contribution is -0.122. The number of hydrogen-bond donors (Lipinski definition) is 2. The zero-order valence-electron chi connectivity index (χ0n) is 11.0. The fraction of sp³-hybridized carbons (Fsp3) is 0.692. The Morgan fingerprint density at radius 1 is 1.56 bits per heavy atom. The number of nitrogens with zero attached hydrogens (tertiary/aromatic N) is 2. The summed E-state index contributed by atoms with van der Waals surface area (Å²) < 4.78 is 0. The summed E-state index contributed by atoms with van der Waals surface area (Å²) in [5.41, 5.74) is 1.06. The van der Waals surface area contributed by atoms with E-state index in [1.165, 1.54) is 25.7 Å². The highest BCUT2D eigenvalue weighted by atomic mass is 16.2. The number of hydrogen-bond acceptors (Lipinski definition) is 3. The number of likely N-dealkylation sites (N-methyl/N-ethyl adjacent to an activating group) is 1. The molecule has 1 aromatic heterocycles. The van der Waals surface area contributed by atoms with Gasteiger partial charge in [-0.05, 0) is 26.0 Å². The first-order chi connectivity index (χ1) is 8.75. The molecule has 5 nitrogen and oxygen atoms in total. The van der Waals surface area contributed by atoms with Gasteiger partial charge in [0.25, 0.3) is 0 Å². The molecule has 0 unspecified atom stereocenters. The average Bonchev–Trinajstić information content (AvgIpc) is 3.02. The number of H-pyrrole nitrogens is 1. The van der Waals surface area contributed by atoms with Crippen LogP contribution in [0.25, 0.3) is 0 Å². The second-order valence-electron chi connectivity index (χ2n) is 5.04. The predicted octanol–water partition coefficient (Wildman–Crippen LogP) is 0.943. The molecule has 100 valence electrons. The van der Waals surface area contributed by atoms with Crippen LogP contribution in [0.2, 0.25) is 0 Å². The van der Waals surface area contributed by atoms with Crippen molar-refractivity contribution in [3.8, 4) is 0 Å². The number of rotatable bonds is 6. The predicted molar refractivity (Wildman–Crippen MR) is 70.2 cm³/mol. The van der Waals surface area contributed by atoms with Crippen molar-refractivity contribution in [2.45, 2.75) is 38.1 Å². The van der Waals surface area contributed by atoms with Gasteiger partial charge in [-0.15, -0.1) is 0 Å². The fourth-order valence-corrected chi connectivity index (χ4v) is 2.52. The van der Waals surface area contributed by atoms with Gasteiger partial charge >= 0.3 is 0 Å². The lowest BCUT2D eigenvalue weighted by Crippen LogP contribution is -2.40. The number of aromatic amines is 1. The van der Waals surface area contributed by atoms with Crippen molar-refractivity contribution in [2.75, 3.05) is 20.1 Å². The number of carbonyl (C=O) groups excluding carboxylic acids is 1. The summed E-state index contributed by atoms with van der Waals surface area (Å²) in [7, 11) is 2.05. The van der Waals surface area contributed by atoms with Crippen molar-refractivity contribution >= 4 is 5.91 Å². The van der Waals surface area contributed by atoms with E-state index < -0.39 is 0 Å². The van der Waals surface area contributed by atoms with Crippen molar-refractivity contribution < 1.29 is 4.79 Å². The van der Waals surface area contributed by atoms with Gasteiger partial charge in [0.1, 0.15) is 0 Å². The maximum Gasteiger partial charge on any atom is 0.234 e. The van der Waals surface area contributed by atoms with Crippen LogP contribution in [0.4, 0.5) is 0 Å². The van der Waals surface area contributed by atoms with Gasteiger partial charge in [0.2, 0.25) is 5.91 Å². The highest BCUT2D eigenvalue weighted by Crippen LogP contribution is 2.21. The molecule has 1 aromatic rings. The molecule has 0 aliphatic heterocycles. The molecule has 1 saturated carbocycles. The van der Waals surface area contributed by atoms with Crippen LogP contribution in [0, 0.1) is 0 Å². The van der Waals surface area contributed by atoms with Crippen LogP contribution in [-0.2, 0) is 11.2 Å². The molecule has 0 radical (unpaired) electrons. The van der Waals surface area contributed by atoms with E-state index >= 15 is 0 Å². The highest BCUT2D eigenvalue weighted by molar-refractivity contribution is 5.78. The van der Waals surface area contributed by atoms with Gasteiger partial charge < -0.3 is 5.32 Å². The van der Waals surface area contributed by atoms with Gasteiger partial charge in [0, 0.05) is 30.9 Å². The molecule has 2 rings (SSSR count). The van der Waals surface area contributed by atoms with Gasteiger partial charge in [0.15, 0.2) is 0 Å². The second kappa shape index (κ2) is 6.54. The summed E-state index contributed by atoms with van der Waals surface area (Å²) >= 11 is 0. The SMILES string of the molecule is CN(CC(=O)NCCc1ccn[nH]1)C1CCCC1. The van der Waals surface area contributed by atoms with E-state index in [4.69, 9.17) is 0 Å². The van der Waals surface area contributed by atoms with Crippen LogP contribution in [0.5, 0.6) is 0 Å². The Morgan fingerprint density at radius 2 is 2.33 bits per heavy atom. The largest absolute Gasteiger partial charge is 0.355 e. The molecular weight excluding hydrogens is 228 g/mol. The van der Waals surface area contributed by atoms with Crippen LogP contribution < -0.4 is 5.32 Å². The molecule has 1 heterocycles. The summed E-state index contributed by atoms with van der Waals surface area (Å²) in [6, 6.07) is 2.53. The fourth-order valence-electron chi connectivity index (χ4n) is 2.52. The second-order valence-corrected chi connectivity index (χ2v) is 5.04. The van der Waals surface area contributed by atoms with Crippen molar-refractivity contribution in [1.29, 1.82) is 0 Å². The van der Waals surface area contributed by atoms with Gasteiger partial charge in [-0.2, -0.15) is 5.10 Å². The monoisotopic (exact) mass is 250 g/mol. The Bertz CT molecular complexity index is 357. The Kier molecular flexibility index (Phi) is 4.75. The third-order valence-electron chi connectivity index (χ3n) is 3.62. The van der Waals surface area contributed by atoms with Gasteiger partial charge in [-0.3, -0.25) is 14.8 Å². The standard InChI is InChI=1S/C13H22N4O/c1-17(12-4-2-3-5-12)10-13(18)14-8-6-11-7-9-15-16-11/h7,9,12H,2-6,8,10H2,1H3,(H,14,18)(H,15,16). The Balaban J connectivity index is 1.62. The number of carbonyl (C=O) groups is 1. The van der Waals surface area contributed by atoms with Crippen LogP contribution in [0.15, 0.2) is 12.3 Å². The van der Waals surface area contributed by atoms with Gasteiger partial charge in [0.05, 0.1) is 6.54 Å². The maximum absolute atomic E-state index is 11.8. The van der Waals surface area contributed by atoms with Crippen LogP contribution in [-0.4, -0.2) is 47.2 Å². The van der Waals surface area contributed by atoms with Crippen LogP contribution >= 0.6 is 0 Å². The normalized spacial score (nSPS) is 16.3. The van der Waals surface area contributed by atoms with Crippen LogP contribution in [0.3, 0.4) is 0 Å². The molecule has 2 N–H and O–H groups in total.